The van der Waals surface area contributed by atoms with E-state index in [4.69, 9.17) is 0 Å². The van der Waals surface area contributed by atoms with Crippen molar-refractivity contribution < 1.29 is 19.2 Å². The van der Waals surface area contributed by atoms with Gasteiger partial charge in [0.1, 0.15) is 12.1 Å². The van der Waals surface area contributed by atoms with Crippen molar-refractivity contribution in [2.24, 2.45) is 11.3 Å². The number of hydrogen-bond acceptors (Lipinski definition) is 5. The maximum atomic E-state index is 14.1. The van der Waals surface area contributed by atoms with Gasteiger partial charge in [-0.3, -0.25) is 24.1 Å². The Hall–Kier alpha value is -2.42. The molecule has 4 unspecified atom stereocenters. The fourth-order valence-electron chi connectivity index (χ4n) is 6.36. The van der Waals surface area contributed by atoms with Gasteiger partial charge in [-0.2, -0.15) is 0 Å². The smallest absolute Gasteiger partial charge is 0.249 e. The largest absolute Gasteiger partial charge is 0.344 e. The summed E-state index contributed by atoms with van der Waals surface area (Å²) in [6, 6.07) is -1.51. The van der Waals surface area contributed by atoms with Gasteiger partial charge in [-0.1, -0.05) is 54.0 Å². The van der Waals surface area contributed by atoms with Crippen LogP contribution in [0, 0.1) is 11.3 Å². The monoisotopic (exact) mass is 589 g/mol. The number of likely N-dealkylation sites (N-methyl/N-ethyl adjacent to an activating group) is 2. The predicted molar refractivity (Wildman–Crippen MR) is 169 cm³/mol. The fraction of sp³-hybridized carbons (Fsp3) is 0.818. The second kappa shape index (κ2) is 15.3. The van der Waals surface area contributed by atoms with Crippen LogP contribution < -0.4 is 5.32 Å². The third-order valence-corrected chi connectivity index (χ3v) is 8.88. The highest BCUT2D eigenvalue weighted by Crippen LogP contribution is 2.27. The molecule has 0 saturated carbocycles. The lowest BCUT2D eigenvalue weighted by Gasteiger charge is -2.41. The first-order valence-electron chi connectivity index (χ1n) is 16.1. The summed E-state index contributed by atoms with van der Waals surface area (Å²) in [6.07, 6.45) is 7.06. The molecule has 2 rings (SSSR count). The summed E-state index contributed by atoms with van der Waals surface area (Å²) in [7, 11) is 3.55. The van der Waals surface area contributed by atoms with Gasteiger partial charge in [0, 0.05) is 38.8 Å². The first-order chi connectivity index (χ1) is 19.5. The quantitative estimate of drug-likeness (QED) is 0.367. The number of nitrogens with zero attached hydrogens (tertiary/aromatic N) is 4. The number of amides is 4. The standard InChI is InChI=1S/C33H59N5O4/c1-12-18-35(10)31(41)26-17-15-20-38(26)30(40)24(6)21-27(22(2)3)36(11)32(42)28(33(7,8)9)34-29(39)25-16-13-14-19-37(25)23(4)5/h21-23,25-28H,12-20H2,1-11H3,(H,34,39)/b24-21+. The van der Waals surface area contributed by atoms with E-state index in [2.05, 4.69) is 24.1 Å². The average Bonchev–Trinajstić information content (AvgIpc) is 3.41. The fourth-order valence-corrected chi connectivity index (χ4v) is 6.36. The van der Waals surface area contributed by atoms with E-state index in [1.807, 2.05) is 47.6 Å². The Labute approximate surface area is 255 Å². The summed E-state index contributed by atoms with van der Waals surface area (Å²) >= 11 is 0. The zero-order chi connectivity index (χ0) is 31.9. The molecular formula is C33H59N5O4. The Morgan fingerprint density at radius 2 is 1.57 bits per heavy atom. The number of likely N-dealkylation sites (tertiary alicyclic amines) is 2. The molecule has 0 radical (unpaired) electrons. The molecular weight excluding hydrogens is 530 g/mol. The van der Waals surface area contributed by atoms with Crippen molar-refractivity contribution in [3.63, 3.8) is 0 Å². The molecule has 1 N–H and O–H groups in total. The van der Waals surface area contributed by atoms with Gasteiger partial charge in [0.25, 0.3) is 0 Å². The Bertz CT molecular complexity index is 985. The van der Waals surface area contributed by atoms with Crippen LogP contribution in [-0.4, -0.2) is 107 Å². The van der Waals surface area contributed by atoms with Crippen LogP contribution >= 0.6 is 0 Å². The SMILES string of the molecule is CCCN(C)C(=O)C1CCCN1C(=O)/C(C)=C/C(C(C)C)N(C)C(=O)C(NC(=O)C1CCCCN1C(C)C)C(C)(C)C. The van der Waals surface area contributed by atoms with Gasteiger partial charge in [-0.25, -0.2) is 0 Å². The molecule has 240 valence electrons. The Kier molecular flexibility index (Phi) is 13.1. The molecule has 4 amide bonds. The minimum Gasteiger partial charge on any atom is -0.344 e. The minimum absolute atomic E-state index is 0.0130. The van der Waals surface area contributed by atoms with Crippen LogP contribution in [-0.2, 0) is 19.2 Å². The molecule has 0 aromatic heterocycles. The molecule has 2 aliphatic heterocycles. The van der Waals surface area contributed by atoms with Gasteiger partial charge in [0.15, 0.2) is 0 Å². The lowest BCUT2D eigenvalue weighted by Crippen LogP contribution is -2.60. The van der Waals surface area contributed by atoms with E-state index in [1.165, 1.54) is 0 Å². The summed E-state index contributed by atoms with van der Waals surface area (Å²) < 4.78 is 0. The maximum Gasteiger partial charge on any atom is 0.249 e. The molecule has 0 aromatic rings. The van der Waals surface area contributed by atoms with Crippen LogP contribution in [0.2, 0.25) is 0 Å². The van der Waals surface area contributed by atoms with E-state index in [0.29, 0.717) is 25.1 Å². The van der Waals surface area contributed by atoms with Crippen molar-refractivity contribution in [2.75, 3.05) is 33.7 Å². The Morgan fingerprint density at radius 1 is 0.952 bits per heavy atom. The summed E-state index contributed by atoms with van der Waals surface area (Å²) in [5.74, 6) is -0.409. The molecule has 0 aliphatic carbocycles. The maximum absolute atomic E-state index is 14.1. The molecule has 0 aromatic carbocycles. The Balaban J connectivity index is 2.27. The molecule has 2 saturated heterocycles. The van der Waals surface area contributed by atoms with E-state index < -0.39 is 17.5 Å². The molecule has 42 heavy (non-hydrogen) atoms. The molecule has 2 heterocycles. The van der Waals surface area contributed by atoms with Gasteiger partial charge in [-0.15, -0.1) is 0 Å². The van der Waals surface area contributed by atoms with Crippen molar-refractivity contribution in [3.8, 4) is 0 Å². The summed E-state index contributed by atoms with van der Waals surface area (Å²) in [6.45, 7) is 20.1. The van der Waals surface area contributed by atoms with Crippen LogP contribution in [0.15, 0.2) is 11.6 Å². The van der Waals surface area contributed by atoms with Crippen molar-refractivity contribution in [2.45, 2.75) is 131 Å². The first-order valence-corrected chi connectivity index (χ1v) is 16.1. The average molecular weight is 590 g/mol. The number of piperidine rings is 1. The van der Waals surface area contributed by atoms with E-state index in [9.17, 15) is 19.2 Å². The van der Waals surface area contributed by atoms with E-state index in [1.54, 1.807) is 35.7 Å². The first kappa shape index (κ1) is 35.8. The van der Waals surface area contributed by atoms with Crippen molar-refractivity contribution in [1.82, 2.24) is 24.9 Å². The zero-order valence-corrected chi connectivity index (χ0v) is 28.3. The Morgan fingerprint density at radius 3 is 2.12 bits per heavy atom. The second-order valence-corrected chi connectivity index (χ2v) is 14.1. The zero-order valence-electron chi connectivity index (χ0n) is 28.3. The van der Waals surface area contributed by atoms with Crippen LogP contribution in [0.1, 0.15) is 101 Å². The summed E-state index contributed by atoms with van der Waals surface area (Å²) in [5, 5.41) is 3.14. The molecule has 4 atom stereocenters. The molecule has 9 heteroatoms. The number of carbonyl (C=O) groups is 4. The second-order valence-electron chi connectivity index (χ2n) is 14.1. The molecule has 2 aliphatic rings. The number of rotatable bonds is 11. The number of nitrogens with one attached hydrogen (secondary N) is 1. The highest BCUT2D eigenvalue weighted by atomic mass is 16.2. The van der Waals surface area contributed by atoms with Crippen molar-refractivity contribution >= 4 is 23.6 Å². The third-order valence-electron chi connectivity index (χ3n) is 8.88. The number of hydrogen-bond donors (Lipinski definition) is 1. The molecule has 0 spiro atoms. The van der Waals surface area contributed by atoms with Gasteiger partial charge >= 0.3 is 0 Å². The van der Waals surface area contributed by atoms with Crippen LogP contribution in [0.25, 0.3) is 0 Å². The van der Waals surface area contributed by atoms with Crippen LogP contribution in [0.4, 0.5) is 0 Å². The van der Waals surface area contributed by atoms with Crippen LogP contribution in [0.3, 0.4) is 0 Å². The van der Waals surface area contributed by atoms with Crippen molar-refractivity contribution in [1.29, 1.82) is 0 Å². The van der Waals surface area contributed by atoms with E-state index >= 15 is 0 Å². The molecule has 0 bridgehead atoms. The lowest BCUT2D eigenvalue weighted by molar-refractivity contribution is -0.142. The highest BCUT2D eigenvalue weighted by molar-refractivity contribution is 5.97. The topological polar surface area (TPSA) is 93.3 Å². The molecule has 2 fully saturated rings. The predicted octanol–water partition coefficient (Wildman–Crippen LogP) is 4.07. The lowest BCUT2D eigenvalue weighted by atomic mass is 9.84. The van der Waals surface area contributed by atoms with E-state index in [0.717, 1.165) is 38.6 Å². The van der Waals surface area contributed by atoms with Crippen molar-refractivity contribution in [3.05, 3.63) is 11.6 Å². The summed E-state index contributed by atoms with van der Waals surface area (Å²) in [5.41, 5.74) is 0.0135. The van der Waals surface area contributed by atoms with E-state index in [-0.39, 0.29) is 47.7 Å². The van der Waals surface area contributed by atoms with Gasteiger partial charge in [0.05, 0.1) is 12.1 Å². The number of carbonyl (C=O) groups excluding carboxylic acids is 4. The van der Waals surface area contributed by atoms with Gasteiger partial charge in [-0.05, 0) is 70.8 Å². The van der Waals surface area contributed by atoms with Crippen LogP contribution in [0.5, 0.6) is 0 Å². The minimum atomic E-state index is -0.716. The molecule has 9 nitrogen and oxygen atoms in total. The summed E-state index contributed by atoms with van der Waals surface area (Å²) in [4.78, 5) is 61.6. The van der Waals surface area contributed by atoms with Gasteiger partial charge in [0.2, 0.25) is 23.6 Å². The third kappa shape index (κ3) is 8.80. The van der Waals surface area contributed by atoms with Gasteiger partial charge < -0.3 is 20.0 Å². The highest BCUT2D eigenvalue weighted by Gasteiger charge is 2.40. The normalized spacial score (nSPS) is 21.8.